The van der Waals surface area contributed by atoms with Crippen LogP contribution in [0.4, 0.5) is 11.4 Å². The normalized spacial score (nSPS) is 16.4. The van der Waals surface area contributed by atoms with Crippen LogP contribution in [0, 0.1) is 10.1 Å². The SMILES string of the molecule is CN(Cc1nc(C2(N)CCCC2)no1)c1ccccc1[N+](=O)[O-]. The van der Waals surface area contributed by atoms with Gasteiger partial charge in [0.2, 0.25) is 5.89 Å². The number of aromatic nitrogens is 2. The molecule has 122 valence electrons. The fraction of sp³-hybridized carbons (Fsp3) is 0.467. The summed E-state index contributed by atoms with van der Waals surface area (Å²) in [5.41, 5.74) is 6.35. The van der Waals surface area contributed by atoms with Gasteiger partial charge in [-0.05, 0) is 18.9 Å². The molecule has 0 bridgehead atoms. The highest BCUT2D eigenvalue weighted by Gasteiger charge is 2.36. The molecule has 1 saturated carbocycles. The number of nitrogens with zero attached hydrogens (tertiary/aromatic N) is 4. The molecule has 1 aromatic heterocycles. The smallest absolute Gasteiger partial charge is 0.292 e. The Morgan fingerprint density at radius 1 is 1.39 bits per heavy atom. The molecule has 1 aliphatic rings. The van der Waals surface area contributed by atoms with Gasteiger partial charge in [0, 0.05) is 13.1 Å². The first-order valence-corrected chi connectivity index (χ1v) is 7.56. The number of para-hydroxylation sites is 2. The van der Waals surface area contributed by atoms with E-state index >= 15 is 0 Å². The van der Waals surface area contributed by atoms with Crippen LogP contribution in [0.25, 0.3) is 0 Å². The van der Waals surface area contributed by atoms with Gasteiger partial charge in [0.25, 0.3) is 5.69 Å². The van der Waals surface area contributed by atoms with E-state index in [0.717, 1.165) is 25.7 Å². The minimum absolute atomic E-state index is 0.0424. The van der Waals surface area contributed by atoms with Crippen LogP contribution >= 0.6 is 0 Å². The second kappa shape index (κ2) is 5.96. The minimum Gasteiger partial charge on any atom is -0.360 e. The van der Waals surface area contributed by atoms with Crippen LogP contribution < -0.4 is 10.6 Å². The van der Waals surface area contributed by atoms with E-state index in [0.29, 0.717) is 17.4 Å². The molecule has 0 spiro atoms. The maximum atomic E-state index is 11.1. The molecule has 0 unspecified atom stereocenters. The summed E-state index contributed by atoms with van der Waals surface area (Å²) in [4.78, 5) is 16.8. The molecule has 8 nitrogen and oxygen atoms in total. The quantitative estimate of drug-likeness (QED) is 0.665. The second-order valence-electron chi connectivity index (χ2n) is 5.98. The van der Waals surface area contributed by atoms with E-state index in [-0.39, 0.29) is 12.2 Å². The third kappa shape index (κ3) is 3.02. The van der Waals surface area contributed by atoms with Crippen molar-refractivity contribution in [2.75, 3.05) is 11.9 Å². The number of hydrogen-bond donors (Lipinski definition) is 1. The molecule has 0 amide bonds. The lowest BCUT2D eigenvalue weighted by Crippen LogP contribution is -2.34. The molecule has 2 aromatic rings. The van der Waals surface area contributed by atoms with Crippen molar-refractivity contribution in [3.63, 3.8) is 0 Å². The number of benzene rings is 1. The summed E-state index contributed by atoms with van der Waals surface area (Å²) in [7, 11) is 1.75. The molecule has 2 N–H and O–H groups in total. The van der Waals surface area contributed by atoms with Crippen molar-refractivity contribution in [1.29, 1.82) is 0 Å². The third-order valence-electron chi connectivity index (χ3n) is 4.27. The number of rotatable bonds is 5. The Hall–Kier alpha value is -2.48. The molecule has 0 radical (unpaired) electrons. The summed E-state index contributed by atoms with van der Waals surface area (Å²) in [5, 5.41) is 15.1. The lowest BCUT2D eigenvalue weighted by molar-refractivity contribution is -0.384. The van der Waals surface area contributed by atoms with Gasteiger partial charge in [-0.25, -0.2) is 0 Å². The zero-order valence-electron chi connectivity index (χ0n) is 12.9. The van der Waals surface area contributed by atoms with Gasteiger partial charge in [0.1, 0.15) is 5.69 Å². The van der Waals surface area contributed by atoms with Crippen LogP contribution in [0.5, 0.6) is 0 Å². The van der Waals surface area contributed by atoms with Crippen molar-refractivity contribution >= 4 is 11.4 Å². The molecule has 23 heavy (non-hydrogen) atoms. The van der Waals surface area contributed by atoms with Gasteiger partial charge in [-0.15, -0.1) is 0 Å². The number of nitro groups is 1. The topological polar surface area (TPSA) is 111 Å². The van der Waals surface area contributed by atoms with Crippen LogP contribution in [-0.4, -0.2) is 22.1 Å². The Kier molecular flexibility index (Phi) is 3.99. The number of hydrogen-bond acceptors (Lipinski definition) is 7. The highest BCUT2D eigenvalue weighted by Crippen LogP contribution is 2.34. The first-order chi connectivity index (χ1) is 11.0. The lowest BCUT2D eigenvalue weighted by Gasteiger charge is -2.18. The first-order valence-electron chi connectivity index (χ1n) is 7.56. The van der Waals surface area contributed by atoms with Crippen molar-refractivity contribution in [1.82, 2.24) is 10.1 Å². The molecule has 0 saturated heterocycles. The van der Waals surface area contributed by atoms with Gasteiger partial charge in [-0.2, -0.15) is 4.98 Å². The largest absolute Gasteiger partial charge is 0.360 e. The molecule has 0 aliphatic heterocycles. The number of nitrogens with two attached hydrogens (primary N) is 1. The van der Waals surface area contributed by atoms with Crippen molar-refractivity contribution < 1.29 is 9.45 Å². The third-order valence-corrected chi connectivity index (χ3v) is 4.27. The van der Waals surface area contributed by atoms with Crippen LogP contribution in [0.15, 0.2) is 28.8 Å². The molecule has 0 atom stereocenters. The molecule has 8 heteroatoms. The van der Waals surface area contributed by atoms with Crippen molar-refractivity contribution in [3.8, 4) is 0 Å². The van der Waals surface area contributed by atoms with E-state index in [1.807, 2.05) is 0 Å². The molecule has 3 rings (SSSR count). The molecule has 1 fully saturated rings. The lowest BCUT2D eigenvalue weighted by atomic mass is 9.99. The van der Waals surface area contributed by atoms with Gasteiger partial charge in [0.15, 0.2) is 5.82 Å². The molecular weight excluding hydrogens is 298 g/mol. The predicted molar refractivity (Wildman–Crippen MR) is 83.8 cm³/mol. The summed E-state index contributed by atoms with van der Waals surface area (Å²) < 4.78 is 5.28. The maximum absolute atomic E-state index is 11.1. The van der Waals surface area contributed by atoms with Crippen LogP contribution in [0.3, 0.4) is 0 Å². The summed E-state index contributed by atoms with van der Waals surface area (Å²) >= 11 is 0. The Balaban J connectivity index is 1.78. The molecular formula is C15H19N5O3. The predicted octanol–water partition coefficient (Wildman–Crippen LogP) is 2.34. The highest BCUT2D eigenvalue weighted by molar-refractivity contribution is 5.62. The molecule has 1 aromatic carbocycles. The van der Waals surface area contributed by atoms with E-state index in [4.69, 9.17) is 10.3 Å². The Morgan fingerprint density at radius 3 is 2.78 bits per heavy atom. The van der Waals surface area contributed by atoms with E-state index in [1.54, 1.807) is 30.1 Å². The summed E-state index contributed by atoms with van der Waals surface area (Å²) in [5.74, 6) is 0.929. The zero-order chi connectivity index (χ0) is 16.4. The summed E-state index contributed by atoms with van der Waals surface area (Å²) in [6, 6.07) is 6.55. The zero-order valence-corrected chi connectivity index (χ0v) is 12.9. The highest BCUT2D eigenvalue weighted by atomic mass is 16.6. The average molecular weight is 317 g/mol. The number of nitro benzene ring substituents is 1. The van der Waals surface area contributed by atoms with E-state index in [2.05, 4.69) is 10.1 Å². The Bertz CT molecular complexity index is 709. The van der Waals surface area contributed by atoms with Crippen molar-refractivity contribution in [2.45, 2.75) is 37.8 Å². The first kappa shape index (κ1) is 15.4. The van der Waals surface area contributed by atoms with Crippen LogP contribution in [0.1, 0.15) is 37.4 Å². The maximum Gasteiger partial charge on any atom is 0.292 e. The average Bonchev–Trinajstić information content (AvgIpc) is 3.17. The Labute approximate surface area is 133 Å². The van der Waals surface area contributed by atoms with Gasteiger partial charge in [0.05, 0.1) is 17.0 Å². The fourth-order valence-electron chi connectivity index (χ4n) is 2.98. The van der Waals surface area contributed by atoms with Crippen LogP contribution in [-0.2, 0) is 12.1 Å². The van der Waals surface area contributed by atoms with E-state index in [1.165, 1.54) is 6.07 Å². The minimum atomic E-state index is -0.501. The van der Waals surface area contributed by atoms with Crippen molar-refractivity contribution in [2.24, 2.45) is 5.73 Å². The second-order valence-corrected chi connectivity index (χ2v) is 5.98. The molecule has 1 aliphatic carbocycles. The van der Waals surface area contributed by atoms with E-state index in [9.17, 15) is 10.1 Å². The van der Waals surface area contributed by atoms with Gasteiger partial charge >= 0.3 is 0 Å². The van der Waals surface area contributed by atoms with Gasteiger partial charge < -0.3 is 15.2 Å². The standard InChI is InChI=1S/C15H19N5O3/c1-19(11-6-2-3-7-12(11)20(21)22)10-13-17-14(18-23-13)15(16)8-4-5-9-15/h2-3,6-7H,4-5,8-10,16H2,1H3. The number of anilines is 1. The monoisotopic (exact) mass is 317 g/mol. The van der Waals surface area contributed by atoms with Gasteiger partial charge in [-0.3, -0.25) is 10.1 Å². The molecule has 1 heterocycles. The van der Waals surface area contributed by atoms with Crippen molar-refractivity contribution in [3.05, 3.63) is 46.1 Å². The Morgan fingerprint density at radius 2 is 2.09 bits per heavy atom. The van der Waals surface area contributed by atoms with E-state index < -0.39 is 10.5 Å². The fourth-order valence-corrected chi connectivity index (χ4v) is 2.98. The van der Waals surface area contributed by atoms with Crippen LogP contribution in [0.2, 0.25) is 0 Å². The van der Waals surface area contributed by atoms with Gasteiger partial charge in [-0.1, -0.05) is 30.1 Å². The summed E-state index contributed by atoms with van der Waals surface area (Å²) in [6.45, 7) is 0.286. The summed E-state index contributed by atoms with van der Waals surface area (Å²) in [6.07, 6.45) is 3.84.